The molecule has 1 heterocycles. The molecule has 4 heteroatoms. The zero-order valence-electron chi connectivity index (χ0n) is 13.6. The average Bonchev–Trinajstić information content (AvgIpc) is 2.54. The van der Waals surface area contributed by atoms with E-state index in [0.29, 0.717) is 19.1 Å². The van der Waals surface area contributed by atoms with Gasteiger partial charge in [0.15, 0.2) is 0 Å². The number of nitrogens with zero attached hydrogens (tertiary/aromatic N) is 2. The number of likely N-dealkylation sites (tertiary alicyclic amines) is 1. The molecular formula is C18H28N2O2. The summed E-state index contributed by atoms with van der Waals surface area (Å²) in [4.78, 5) is 16.6. The minimum atomic E-state index is 0.0949. The van der Waals surface area contributed by atoms with Gasteiger partial charge in [0.05, 0.1) is 13.2 Å². The van der Waals surface area contributed by atoms with E-state index in [0.717, 1.165) is 32.4 Å². The Bertz CT molecular complexity index is 450. The van der Waals surface area contributed by atoms with Gasteiger partial charge in [0.2, 0.25) is 5.91 Å². The van der Waals surface area contributed by atoms with Crippen molar-refractivity contribution < 1.29 is 9.90 Å². The summed E-state index contributed by atoms with van der Waals surface area (Å²) in [5.74, 6) is 0.203. The lowest BCUT2D eigenvalue weighted by Crippen LogP contribution is -2.47. The summed E-state index contributed by atoms with van der Waals surface area (Å²) in [6, 6.07) is 10.6. The van der Waals surface area contributed by atoms with E-state index in [1.165, 1.54) is 12.0 Å². The number of hydrogen-bond donors (Lipinski definition) is 1. The molecule has 1 aromatic carbocycles. The Labute approximate surface area is 133 Å². The summed E-state index contributed by atoms with van der Waals surface area (Å²) in [6.45, 7) is 4.89. The average molecular weight is 304 g/mol. The molecule has 1 aliphatic rings. The predicted octanol–water partition coefficient (Wildman–Crippen LogP) is 1.92. The smallest absolute Gasteiger partial charge is 0.236 e. The van der Waals surface area contributed by atoms with Gasteiger partial charge in [-0.1, -0.05) is 30.3 Å². The van der Waals surface area contributed by atoms with E-state index in [4.69, 9.17) is 0 Å². The first kappa shape index (κ1) is 17.0. The van der Waals surface area contributed by atoms with Crippen molar-refractivity contribution in [3.05, 3.63) is 35.9 Å². The van der Waals surface area contributed by atoms with Gasteiger partial charge in [0.1, 0.15) is 0 Å². The van der Waals surface area contributed by atoms with Crippen LogP contribution in [-0.2, 0) is 11.2 Å². The summed E-state index contributed by atoms with van der Waals surface area (Å²) in [6.07, 6.45) is 4.35. The minimum Gasteiger partial charge on any atom is -0.395 e. The minimum absolute atomic E-state index is 0.0949. The van der Waals surface area contributed by atoms with Gasteiger partial charge in [-0.2, -0.15) is 0 Å². The van der Waals surface area contributed by atoms with Crippen LogP contribution in [0.15, 0.2) is 30.3 Å². The molecule has 1 saturated heterocycles. The number of hydrogen-bond acceptors (Lipinski definition) is 3. The number of carbonyl (C=O) groups is 1. The second kappa shape index (κ2) is 8.91. The van der Waals surface area contributed by atoms with E-state index in [1.54, 1.807) is 0 Å². The highest BCUT2D eigenvalue weighted by molar-refractivity contribution is 5.78. The third-order valence-corrected chi connectivity index (χ3v) is 4.46. The number of aliphatic hydroxyl groups excluding tert-OH is 1. The number of rotatable bonds is 7. The fourth-order valence-corrected chi connectivity index (χ4v) is 3.09. The van der Waals surface area contributed by atoms with E-state index in [2.05, 4.69) is 24.0 Å². The Morgan fingerprint density at radius 1 is 1.27 bits per heavy atom. The summed E-state index contributed by atoms with van der Waals surface area (Å²) in [5.41, 5.74) is 1.27. The molecule has 122 valence electrons. The number of benzene rings is 1. The van der Waals surface area contributed by atoms with E-state index in [-0.39, 0.29) is 12.5 Å². The summed E-state index contributed by atoms with van der Waals surface area (Å²) < 4.78 is 0. The number of aliphatic hydroxyl groups is 1. The second-order valence-corrected chi connectivity index (χ2v) is 6.17. The van der Waals surface area contributed by atoms with Crippen molar-refractivity contribution in [2.24, 2.45) is 0 Å². The number of amides is 1. The van der Waals surface area contributed by atoms with Gasteiger partial charge in [0, 0.05) is 25.7 Å². The quantitative estimate of drug-likeness (QED) is 0.837. The molecule has 0 spiro atoms. The van der Waals surface area contributed by atoms with Crippen LogP contribution in [0.1, 0.15) is 31.7 Å². The van der Waals surface area contributed by atoms with Crippen LogP contribution in [0.25, 0.3) is 0 Å². The first-order valence-electron chi connectivity index (χ1n) is 8.37. The van der Waals surface area contributed by atoms with Gasteiger partial charge in [0.25, 0.3) is 0 Å². The number of carbonyl (C=O) groups excluding carboxylic acids is 1. The number of piperidine rings is 1. The second-order valence-electron chi connectivity index (χ2n) is 6.17. The molecule has 0 aromatic heterocycles. The SMILES string of the molecule is CC1CCCCN1C(=O)CN(CCO)CCc1ccccc1. The third-order valence-electron chi connectivity index (χ3n) is 4.46. The van der Waals surface area contributed by atoms with Gasteiger partial charge < -0.3 is 10.0 Å². The molecule has 1 amide bonds. The van der Waals surface area contributed by atoms with Gasteiger partial charge in [-0.25, -0.2) is 0 Å². The van der Waals surface area contributed by atoms with Crippen LogP contribution >= 0.6 is 0 Å². The van der Waals surface area contributed by atoms with Crippen LogP contribution in [0.5, 0.6) is 0 Å². The van der Waals surface area contributed by atoms with Gasteiger partial charge in [-0.3, -0.25) is 9.69 Å². The maximum absolute atomic E-state index is 12.5. The van der Waals surface area contributed by atoms with Crippen molar-refractivity contribution in [1.82, 2.24) is 9.80 Å². The molecule has 0 aliphatic carbocycles. The Morgan fingerprint density at radius 3 is 2.73 bits per heavy atom. The highest BCUT2D eigenvalue weighted by atomic mass is 16.3. The fraction of sp³-hybridized carbons (Fsp3) is 0.611. The molecule has 2 rings (SSSR count). The molecule has 4 nitrogen and oxygen atoms in total. The van der Waals surface area contributed by atoms with Crippen LogP contribution < -0.4 is 0 Å². The van der Waals surface area contributed by atoms with Crippen LogP contribution in [-0.4, -0.2) is 59.6 Å². The zero-order chi connectivity index (χ0) is 15.8. The van der Waals surface area contributed by atoms with Crippen molar-refractivity contribution in [3.8, 4) is 0 Å². The Morgan fingerprint density at radius 2 is 2.05 bits per heavy atom. The van der Waals surface area contributed by atoms with Crippen LogP contribution in [0.4, 0.5) is 0 Å². The first-order valence-corrected chi connectivity index (χ1v) is 8.37. The Hall–Kier alpha value is -1.39. The lowest BCUT2D eigenvalue weighted by molar-refractivity contribution is -0.135. The van der Waals surface area contributed by atoms with Gasteiger partial charge in [-0.05, 0) is 38.2 Å². The lowest BCUT2D eigenvalue weighted by Gasteiger charge is -2.35. The van der Waals surface area contributed by atoms with E-state index < -0.39 is 0 Å². The lowest BCUT2D eigenvalue weighted by atomic mass is 10.0. The predicted molar refractivity (Wildman–Crippen MR) is 88.7 cm³/mol. The van der Waals surface area contributed by atoms with E-state index in [1.807, 2.05) is 23.1 Å². The molecule has 1 fully saturated rings. The van der Waals surface area contributed by atoms with E-state index >= 15 is 0 Å². The molecule has 0 radical (unpaired) electrons. The van der Waals surface area contributed by atoms with Gasteiger partial charge in [-0.15, -0.1) is 0 Å². The maximum atomic E-state index is 12.5. The van der Waals surface area contributed by atoms with E-state index in [9.17, 15) is 9.90 Å². The fourth-order valence-electron chi connectivity index (χ4n) is 3.09. The van der Waals surface area contributed by atoms with Crippen molar-refractivity contribution >= 4 is 5.91 Å². The molecule has 0 saturated carbocycles. The highest BCUT2D eigenvalue weighted by Gasteiger charge is 2.24. The van der Waals surface area contributed by atoms with Crippen molar-refractivity contribution in [1.29, 1.82) is 0 Å². The van der Waals surface area contributed by atoms with Crippen molar-refractivity contribution in [2.75, 3.05) is 32.8 Å². The molecular weight excluding hydrogens is 276 g/mol. The van der Waals surface area contributed by atoms with Crippen LogP contribution in [0, 0.1) is 0 Å². The molecule has 1 unspecified atom stereocenters. The van der Waals surface area contributed by atoms with Gasteiger partial charge >= 0.3 is 0 Å². The molecule has 1 atom stereocenters. The van der Waals surface area contributed by atoms with Crippen molar-refractivity contribution in [2.45, 2.75) is 38.6 Å². The van der Waals surface area contributed by atoms with Crippen LogP contribution in [0.3, 0.4) is 0 Å². The zero-order valence-corrected chi connectivity index (χ0v) is 13.6. The molecule has 1 N–H and O–H groups in total. The maximum Gasteiger partial charge on any atom is 0.236 e. The molecule has 22 heavy (non-hydrogen) atoms. The topological polar surface area (TPSA) is 43.8 Å². The molecule has 0 bridgehead atoms. The molecule has 1 aliphatic heterocycles. The van der Waals surface area contributed by atoms with Crippen LogP contribution in [0.2, 0.25) is 0 Å². The van der Waals surface area contributed by atoms with Crippen molar-refractivity contribution in [3.63, 3.8) is 0 Å². The monoisotopic (exact) mass is 304 g/mol. The first-order chi connectivity index (χ1) is 10.7. The summed E-state index contributed by atoms with van der Waals surface area (Å²) in [5, 5.41) is 9.24. The molecule has 1 aromatic rings. The standard InChI is InChI=1S/C18H28N2O2/c1-16-7-5-6-11-20(16)18(22)15-19(13-14-21)12-10-17-8-3-2-4-9-17/h2-4,8-9,16,21H,5-7,10-15H2,1H3. The Kier molecular flexibility index (Phi) is 6.87. The summed E-state index contributed by atoms with van der Waals surface area (Å²) >= 11 is 0. The normalized spacial score (nSPS) is 18.7. The summed E-state index contributed by atoms with van der Waals surface area (Å²) in [7, 11) is 0. The highest BCUT2D eigenvalue weighted by Crippen LogP contribution is 2.16. The largest absolute Gasteiger partial charge is 0.395 e. The third kappa shape index (κ3) is 5.11. The Balaban J connectivity index is 1.86.